The van der Waals surface area contributed by atoms with Crippen LogP contribution in [0.25, 0.3) is 17.1 Å². The van der Waals surface area contributed by atoms with E-state index in [1.807, 2.05) is 0 Å². The maximum absolute atomic E-state index is 13.1. The van der Waals surface area contributed by atoms with Gasteiger partial charge in [-0.2, -0.15) is 13.2 Å². The molecule has 1 atom stereocenters. The van der Waals surface area contributed by atoms with Crippen molar-refractivity contribution in [3.8, 4) is 17.1 Å². The second-order valence-electron chi connectivity index (χ2n) is 8.25. The summed E-state index contributed by atoms with van der Waals surface area (Å²) in [5.41, 5.74) is -0.302. The largest absolute Gasteiger partial charge is 0.416 e. The highest BCUT2D eigenvalue weighted by molar-refractivity contribution is 6.30. The van der Waals surface area contributed by atoms with Crippen LogP contribution < -0.4 is 11.0 Å². The molecule has 0 saturated carbocycles. The number of carbonyl (C=O) groups is 1. The van der Waals surface area contributed by atoms with E-state index in [4.69, 9.17) is 16.1 Å². The van der Waals surface area contributed by atoms with E-state index in [-0.39, 0.29) is 29.8 Å². The minimum atomic E-state index is -4.95. The number of alkyl halides is 3. The van der Waals surface area contributed by atoms with Gasteiger partial charge in [-0.1, -0.05) is 16.8 Å². The summed E-state index contributed by atoms with van der Waals surface area (Å²) in [4.78, 5) is 33.7. The van der Waals surface area contributed by atoms with Gasteiger partial charge in [0.1, 0.15) is 18.6 Å². The Hall–Kier alpha value is -4.83. The van der Waals surface area contributed by atoms with Crippen LogP contribution in [0.3, 0.4) is 0 Å². The third kappa shape index (κ3) is 5.62. The van der Waals surface area contributed by atoms with Crippen molar-refractivity contribution < 1.29 is 27.6 Å². The van der Waals surface area contributed by atoms with Crippen molar-refractivity contribution in [3.63, 3.8) is 0 Å². The highest BCUT2D eigenvalue weighted by Gasteiger charge is 2.39. The van der Waals surface area contributed by atoms with Gasteiger partial charge in [0.25, 0.3) is 5.91 Å². The molecule has 2 N–H and O–H groups in total. The molecule has 4 heterocycles. The van der Waals surface area contributed by atoms with Gasteiger partial charge < -0.3 is 14.9 Å². The van der Waals surface area contributed by atoms with Crippen molar-refractivity contribution in [3.05, 3.63) is 88.3 Å². The molecule has 0 aliphatic heterocycles. The Labute approximate surface area is 226 Å². The van der Waals surface area contributed by atoms with Crippen molar-refractivity contribution in [2.45, 2.75) is 25.4 Å². The van der Waals surface area contributed by atoms with E-state index >= 15 is 0 Å². The summed E-state index contributed by atoms with van der Waals surface area (Å²) in [6.45, 7) is -1.40. The van der Waals surface area contributed by atoms with Crippen molar-refractivity contribution in [1.82, 2.24) is 39.3 Å². The van der Waals surface area contributed by atoms with Crippen LogP contribution in [0.15, 0.2) is 70.5 Å². The first-order chi connectivity index (χ1) is 19.1. The zero-order chi connectivity index (χ0) is 28.4. The van der Waals surface area contributed by atoms with E-state index < -0.39 is 30.4 Å². The van der Waals surface area contributed by atoms with E-state index in [0.29, 0.717) is 16.3 Å². The number of halogens is 4. The van der Waals surface area contributed by atoms with Crippen LogP contribution in [0.1, 0.15) is 16.4 Å². The van der Waals surface area contributed by atoms with Crippen LogP contribution in [0, 0.1) is 0 Å². The number of benzene rings is 1. The zero-order valence-electron chi connectivity index (χ0n) is 20.0. The third-order valence-corrected chi connectivity index (χ3v) is 5.77. The molecule has 13 nitrogen and oxygen atoms in total. The average Bonchev–Trinajstić information content (AvgIpc) is 3.68. The molecule has 0 spiro atoms. The lowest BCUT2D eigenvalue weighted by Gasteiger charge is -2.15. The van der Waals surface area contributed by atoms with E-state index in [1.54, 1.807) is 12.1 Å². The van der Waals surface area contributed by atoms with Crippen LogP contribution >= 0.6 is 11.6 Å². The fourth-order valence-electron chi connectivity index (χ4n) is 3.60. The number of nitrogens with zero attached hydrogens (tertiary/aromatic N) is 8. The molecule has 0 saturated heterocycles. The molecule has 0 unspecified atom stereocenters. The van der Waals surface area contributed by atoms with E-state index in [1.165, 1.54) is 53.7 Å². The van der Waals surface area contributed by atoms with E-state index in [9.17, 15) is 27.9 Å². The van der Waals surface area contributed by atoms with Crippen LogP contribution in [-0.4, -0.2) is 62.5 Å². The Kier molecular flexibility index (Phi) is 7.19. The predicted molar refractivity (Wildman–Crippen MR) is 132 cm³/mol. The molecule has 0 radical (unpaired) electrons. The summed E-state index contributed by atoms with van der Waals surface area (Å²) >= 11 is 5.91. The lowest BCUT2D eigenvalue weighted by atomic mass is 10.2. The number of anilines is 1. The zero-order valence-corrected chi connectivity index (χ0v) is 20.8. The fraction of sp³-hybridized carbons (Fsp3) is 0.174. The smallest absolute Gasteiger partial charge is 0.382 e. The van der Waals surface area contributed by atoms with E-state index in [0.717, 1.165) is 9.25 Å². The molecule has 0 fully saturated rings. The molecule has 206 valence electrons. The van der Waals surface area contributed by atoms with Gasteiger partial charge in [-0.3, -0.25) is 9.36 Å². The number of carbonyl (C=O) groups excluding carboxylic acids is 1. The summed E-state index contributed by atoms with van der Waals surface area (Å²) in [5, 5.41) is 24.5. The summed E-state index contributed by atoms with van der Waals surface area (Å²) in [6, 6.07) is 10.5. The first-order valence-corrected chi connectivity index (χ1v) is 11.7. The molecule has 17 heteroatoms. The number of amides is 1. The van der Waals surface area contributed by atoms with Gasteiger partial charge >= 0.3 is 11.9 Å². The summed E-state index contributed by atoms with van der Waals surface area (Å²) in [7, 11) is 0. The Morgan fingerprint density at radius 1 is 1.10 bits per heavy atom. The molecule has 4 aromatic heterocycles. The number of aliphatic hydroxyl groups is 1. The molecule has 0 aliphatic rings. The number of aliphatic hydroxyl groups excluding tert-OH is 1. The fourth-order valence-corrected chi connectivity index (χ4v) is 3.72. The van der Waals surface area contributed by atoms with Crippen molar-refractivity contribution in [2.75, 3.05) is 5.32 Å². The predicted octanol–water partition coefficient (Wildman–Crippen LogP) is 2.55. The molecular formula is C23H17ClF3N9O4. The number of hydrogen-bond donors (Lipinski definition) is 2. The highest BCUT2D eigenvalue weighted by Crippen LogP contribution is 2.24. The van der Waals surface area contributed by atoms with Gasteiger partial charge in [0.15, 0.2) is 23.6 Å². The Morgan fingerprint density at radius 2 is 1.88 bits per heavy atom. The SMILES string of the molecule is O=C(Nc1ncccc1-n1cnc(Cn2nc(-c3ccc(Cl)cc3)n(C[C@H](O)C(F)(F)F)c2=O)n1)c1ccno1. The van der Waals surface area contributed by atoms with Crippen molar-refractivity contribution in [2.24, 2.45) is 0 Å². The molecule has 5 aromatic rings. The minimum absolute atomic E-state index is 0.0435. The summed E-state index contributed by atoms with van der Waals surface area (Å²) < 4.78 is 47.0. The molecule has 1 aromatic carbocycles. The molecule has 0 aliphatic carbocycles. The van der Waals surface area contributed by atoms with Crippen LogP contribution in [0.5, 0.6) is 0 Å². The summed E-state index contributed by atoms with van der Waals surface area (Å²) in [6.07, 6.45) is -3.71. The molecule has 1 amide bonds. The molecular weight excluding hydrogens is 559 g/mol. The quantitative estimate of drug-likeness (QED) is 0.283. The van der Waals surface area contributed by atoms with E-state index in [2.05, 4.69) is 30.6 Å². The van der Waals surface area contributed by atoms with Gasteiger partial charge in [0.05, 0.1) is 12.7 Å². The topological polar surface area (TPSA) is 159 Å². The van der Waals surface area contributed by atoms with Gasteiger partial charge in [0, 0.05) is 22.8 Å². The Morgan fingerprint density at radius 3 is 2.58 bits per heavy atom. The molecule has 40 heavy (non-hydrogen) atoms. The van der Waals surface area contributed by atoms with Crippen LogP contribution in [0.4, 0.5) is 19.0 Å². The summed E-state index contributed by atoms with van der Waals surface area (Å²) in [5.74, 6) is -0.576. The van der Waals surface area contributed by atoms with Crippen LogP contribution in [-0.2, 0) is 13.1 Å². The Balaban J connectivity index is 1.44. The van der Waals surface area contributed by atoms with Crippen molar-refractivity contribution in [1.29, 1.82) is 0 Å². The lowest BCUT2D eigenvalue weighted by molar-refractivity contribution is -0.207. The van der Waals surface area contributed by atoms with Crippen LogP contribution in [0.2, 0.25) is 5.02 Å². The maximum Gasteiger partial charge on any atom is 0.416 e. The first-order valence-electron chi connectivity index (χ1n) is 11.4. The van der Waals surface area contributed by atoms with Gasteiger partial charge in [-0.05, 0) is 36.4 Å². The monoisotopic (exact) mass is 575 g/mol. The number of pyridine rings is 1. The Bertz CT molecular complexity index is 1700. The van der Waals surface area contributed by atoms with Gasteiger partial charge in [-0.25, -0.2) is 24.1 Å². The van der Waals surface area contributed by atoms with Gasteiger partial charge in [0.2, 0.25) is 5.76 Å². The second-order valence-corrected chi connectivity index (χ2v) is 8.68. The molecule has 0 bridgehead atoms. The average molecular weight is 576 g/mol. The normalized spacial score (nSPS) is 12.4. The second kappa shape index (κ2) is 10.7. The first kappa shape index (κ1) is 26.8. The number of aromatic nitrogens is 8. The minimum Gasteiger partial charge on any atom is -0.382 e. The standard InChI is InChI=1S/C23H17ClF3N9O4/c24-14-5-3-13(4-6-14)20-33-35(22(39)34(20)10-17(37)23(25,26)27)11-18-29-12-36(32-18)15-2-1-8-28-19(15)31-21(38)16-7-9-30-40-16/h1-9,12,17,37H,10-11H2,(H,28,31,38)/t17-/m0/s1. The molecule has 5 rings (SSSR count). The highest BCUT2D eigenvalue weighted by atomic mass is 35.5. The number of nitrogens with one attached hydrogen (secondary N) is 1. The van der Waals surface area contributed by atoms with Crippen molar-refractivity contribution >= 4 is 23.3 Å². The number of hydrogen-bond acceptors (Lipinski definition) is 9. The number of rotatable bonds is 8. The lowest BCUT2D eigenvalue weighted by Crippen LogP contribution is -2.37. The maximum atomic E-state index is 13.1. The van der Waals surface area contributed by atoms with Gasteiger partial charge in [-0.15, -0.1) is 10.2 Å². The third-order valence-electron chi connectivity index (χ3n) is 5.52.